The van der Waals surface area contributed by atoms with Crippen LogP contribution in [-0.4, -0.2) is 48.3 Å². The molecule has 3 atom stereocenters. The summed E-state index contributed by atoms with van der Waals surface area (Å²) in [6.07, 6.45) is 5.43. The third-order valence-corrected chi connectivity index (χ3v) is 5.07. The molecule has 1 heterocycles. The van der Waals surface area contributed by atoms with Crippen molar-refractivity contribution in [2.75, 3.05) is 25.5 Å². The first-order chi connectivity index (χ1) is 11.6. The molecule has 0 bridgehead atoms. The predicted octanol–water partition coefficient (Wildman–Crippen LogP) is 2.65. The summed E-state index contributed by atoms with van der Waals surface area (Å²) in [5.74, 6) is 0.909. The zero-order valence-electron chi connectivity index (χ0n) is 14.4. The van der Waals surface area contributed by atoms with Crippen LogP contribution in [0.1, 0.15) is 38.5 Å². The van der Waals surface area contributed by atoms with E-state index in [2.05, 4.69) is 17.3 Å². The third-order valence-electron chi connectivity index (χ3n) is 5.07. The Morgan fingerprint density at radius 1 is 1.17 bits per heavy atom. The summed E-state index contributed by atoms with van der Waals surface area (Å²) in [6.45, 7) is 1.90. The van der Waals surface area contributed by atoms with Gasteiger partial charge in [-0.1, -0.05) is 6.42 Å². The highest BCUT2D eigenvalue weighted by Crippen LogP contribution is 2.25. The molecule has 1 amide bonds. The van der Waals surface area contributed by atoms with Gasteiger partial charge in [0.15, 0.2) is 0 Å². The number of likely N-dealkylation sites (tertiary alicyclic amines) is 1. The Morgan fingerprint density at radius 3 is 2.62 bits per heavy atom. The lowest BCUT2D eigenvalue weighted by Gasteiger charge is -2.29. The maximum atomic E-state index is 12.4. The fourth-order valence-electron chi connectivity index (χ4n) is 3.63. The average molecular weight is 332 g/mol. The number of aliphatic hydroxyl groups is 1. The zero-order valence-corrected chi connectivity index (χ0v) is 14.4. The largest absolute Gasteiger partial charge is 0.488 e. The fraction of sp³-hybridized carbons (Fsp3) is 0.632. The molecule has 1 aromatic carbocycles. The van der Waals surface area contributed by atoms with Crippen molar-refractivity contribution in [1.82, 2.24) is 4.90 Å². The molecule has 1 aliphatic heterocycles. The van der Waals surface area contributed by atoms with Gasteiger partial charge in [-0.3, -0.25) is 4.79 Å². The number of nitrogens with one attached hydrogen (secondary N) is 1. The summed E-state index contributed by atoms with van der Waals surface area (Å²) >= 11 is 0. The SMILES string of the molecule is CN1CCCC(C(=O)Nc2ccc(OC3CCCCC3O)cc2)C1. The van der Waals surface area contributed by atoms with E-state index in [1.807, 2.05) is 24.3 Å². The maximum Gasteiger partial charge on any atom is 0.228 e. The number of hydrogen-bond donors (Lipinski definition) is 2. The van der Waals surface area contributed by atoms with Gasteiger partial charge in [0.05, 0.1) is 12.0 Å². The Morgan fingerprint density at radius 2 is 1.92 bits per heavy atom. The van der Waals surface area contributed by atoms with E-state index >= 15 is 0 Å². The van der Waals surface area contributed by atoms with Crippen molar-refractivity contribution in [2.45, 2.75) is 50.7 Å². The van der Waals surface area contributed by atoms with Crippen molar-refractivity contribution >= 4 is 11.6 Å². The minimum absolute atomic E-state index is 0.0667. The monoisotopic (exact) mass is 332 g/mol. The second-order valence-corrected chi connectivity index (χ2v) is 7.12. The molecule has 0 radical (unpaired) electrons. The molecule has 2 fully saturated rings. The maximum absolute atomic E-state index is 12.4. The van der Waals surface area contributed by atoms with E-state index in [0.717, 1.165) is 63.1 Å². The molecule has 0 aromatic heterocycles. The summed E-state index contributed by atoms with van der Waals surface area (Å²) < 4.78 is 5.89. The van der Waals surface area contributed by atoms with Crippen LogP contribution >= 0.6 is 0 Å². The summed E-state index contributed by atoms with van der Waals surface area (Å²) in [4.78, 5) is 14.6. The highest BCUT2D eigenvalue weighted by Gasteiger charge is 2.25. The summed E-state index contributed by atoms with van der Waals surface area (Å²) in [7, 11) is 2.06. The van der Waals surface area contributed by atoms with Crippen molar-refractivity contribution in [2.24, 2.45) is 5.92 Å². The number of benzene rings is 1. The Balaban J connectivity index is 1.53. The summed E-state index contributed by atoms with van der Waals surface area (Å²) in [5, 5.41) is 13.0. The van der Waals surface area contributed by atoms with Gasteiger partial charge in [-0.15, -0.1) is 0 Å². The van der Waals surface area contributed by atoms with Crippen LogP contribution in [0.5, 0.6) is 5.75 Å². The van der Waals surface area contributed by atoms with Gasteiger partial charge in [0.1, 0.15) is 11.9 Å². The topological polar surface area (TPSA) is 61.8 Å². The quantitative estimate of drug-likeness (QED) is 0.890. The van der Waals surface area contributed by atoms with Crippen LogP contribution in [0.25, 0.3) is 0 Å². The first-order valence-corrected chi connectivity index (χ1v) is 9.06. The number of aliphatic hydroxyl groups excluding tert-OH is 1. The normalized spacial score (nSPS) is 28.3. The van der Waals surface area contributed by atoms with Gasteiger partial charge in [0.2, 0.25) is 5.91 Å². The zero-order chi connectivity index (χ0) is 16.9. The van der Waals surface area contributed by atoms with Gasteiger partial charge < -0.3 is 20.1 Å². The second-order valence-electron chi connectivity index (χ2n) is 7.12. The molecule has 0 spiro atoms. The van der Waals surface area contributed by atoms with E-state index < -0.39 is 0 Å². The number of carbonyl (C=O) groups excluding carboxylic acids is 1. The Hall–Kier alpha value is -1.59. The summed E-state index contributed by atoms with van der Waals surface area (Å²) in [5.41, 5.74) is 0.796. The molecule has 1 aromatic rings. The molecule has 3 unspecified atom stereocenters. The number of amides is 1. The van der Waals surface area contributed by atoms with Crippen LogP contribution in [0.2, 0.25) is 0 Å². The van der Waals surface area contributed by atoms with Crippen LogP contribution in [0.4, 0.5) is 5.69 Å². The number of anilines is 1. The second kappa shape index (κ2) is 7.99. The molecule has 3 rings (SSSR count). The van der Waals surface area contributed by atoms with Crippen LogP contribution in [0, 0.1) is 5.92 Å². The van der Waals surface area contributed by atoms with Gasteiger partial charge in [-0.2, -0.15) is 0 Å². The lowest BCUT2D eigenvalue weighted by molar-refractivity contribution is -0.121. The smallest absolute Gasteiger partial charge is 0.228 e. The Kier molecular flexibility index (Phi) is 5.74. The van der Waals surface area contributed by atoms with Gasteiger partial charge in [0.25, 0.3) is 0 Å². The minimum Gasteiger partial charge on any atom is -0.488 e. The van der Waals surface area contributed by atoms with Gasteiger partial charge in [-0.25, -0.2) is 0 Å². The molecule has 1 saturated heterocycles. The lowest BCUT2D eigenvalue weighted by atomic mass is 9.95. The first-order valence-electron chi connectivity index (χ1n) is 9.06. The van der Waals surface area contributed by atoms with E-state index in [1.165, 1.54) is 0 Å². The molecule has 2 N–H and O–H groups in total. The molecule has 2 aliphatic rings. The number of piperidine rings is 1. The molecule has 5 nitrogen and oxygen atoms in total. The van der Waals surface area contributed by atoms with Crippen molar-refractivity contribution in [3.63, 3.8) is 0 Å². The van der Waals surface area contributed by atoms with Crippen molar-refractivity contribution in [1.29, 1.82) is 0 Å². The third kappa shape index (κ3) is 4.48. The number of carbonyl (C=O) groups is 1. The van der Waals surface area contributed by atoms with E-state index in [1.54, 1.807) is 0 Å². The fourth-order valence-corrected chi connectivity index (χ4v) is 3.63. The Labute approximate surface area is 144 Å². The first kappa shape index (κ1) is 17.2. The molecule has 132 valence electrons. The van der Waals surface area contributed by atoms with E-state index in [4.69, 9.17) is 4.74 Å². The van der Waals surface area contributed by atoms with Crippen LogP contribution in [0.3, 0.4) is 0 Å². The average Bonchev–Trinajstić information content (AvgIpc) is 2.58. The molecule has 24 heavy (non-hydrogen) atoms. The van der Waals surface area contributed by atoms with E-state index in [0.29, 0.717) is 0 Å². The Bertz CT molecular complexity index is 546. The highest BCUT2D eigenvalue weighted by molar-refractivity contribution is 5.92. The molecule has 1 saturated carbocycles. The number of nitrogens with zero attached hydrogens (tertiary/aromatic N) is 1. The number of ether oxygens (including phenoxy) is 1. The van der Waals surface area contributed by atoms with E-state index in [9.17, 15) is 9.90 Å². The van der Waals surface area contributed by atoms with Crippen molar-refractivity contribution in [3.05, 3.63) is 24.3 Å². The van der Waals surface area contributed by atoms with E-state index in [-0.39, 0.29) is 24.0 Å². The summed E-state index contributed by atoms with van der Waals surface area (Å²) in [6, 6.07) is 7.47. The van der Waals surface area contributed by atoms with Crippen LogP contribution < -0.4 is 10.1 Å². The van der Waals surface area contributed by atoms with Gasteiger partial charge >= 0.3 is 0 Å². The standard InChI is InChI=1S/C19H28N2O3/c1-21-12-4-5-14(13-21)19(23)20-15-8-10-16(11-9-15)24-18-7-3-2-6-17(18)22/h8-11,14,17-18,22H,2-7,12-13H2,1H3,(H,20,23). The lowest BCUT2D eigenvalue weighted by Crippen LogP contribution is -2.38. The highest BCUT2D eigenvalue weighted by atomic mass is 16.5. The van der Waals surface area contributed by atoms with Crippen LogP contribution in [0.15, 0.2) is 24.3 Å². The molecule has 5 heteroatoms. The number of rotatable bonds is 4. The molecule has 1 aliphatic carbocycles. The minimum atomic E-state index is -0.374. The molecular weight excluding hydrogens is 304 g/mol. The van der Waals surface area contributed by atoms with Crippen molar-refractivity contribution in [3.8, 4) is 5.75 Å². The van der Waals surface area contributed by atoms with Gasteiger partial charge in [0, 0.05) is 12.2 Å². The molecular formula is C19H28N2O3. The van der Waals surface area contributed by atoms with Crippen molar-refractivity contribution < 1.29 is 14.6 Å². The number of hydrogen-bond acceptors (Lipinski definition) is 4. The predicted molar refractivity (Wildman–Crippen MR) is 94.2 cm³/mol. The van der Waals surface area contributed by atoms with Gasteiger partial charge in [-0.05, 0) is 70.0 Å². The van der Waals surface area contributed by atoms with Crippen LogP contribution in [-0.2, 0) is 4.79 Å².